The molecule has 76 valence electrons. The molecule has 14 heavy (non-hydrogen) atoms. The fourth-order valence-corrected chi connectivity index (χ4v) is 1.89. The zero-order valence-electron chi connectivity index (χ0n) is 7.53. The van der Waals surface area contributed by atoms with Crippen molar-refractivity contribution in [2.45, 2.75) is 10.9 Å². The van der Waals surface area contributed by atoms with Crippen LogP contribution in [-0.2, 0) is 4.79 Å². The Hall–Kier alpha value is -0.710. The highest BCUT2D eigenvalue weighted by Gasteiger charge is 2.17. The molecule has 0 aliphatic heterocycles. The second-order valence-electron chi connectivity index (χ2n) is 2.70. The number of carbonyl (C=O) groups is 1. The van der Waals surface area contributed by atoms with Gasteiger partial charge in [0, 0.05) is 9.92 Å². The number of hydrogen-bond acceptors (Lipinski definition) is 3. The SMILES string of the molecule is CSc1ccc(Cl)cc1C(N)C(=O)O. The molecule has 0 amide bonds. The van der Waals surface area contributed by atoms with Crippen molar-refractivity contribution in [1.29, 1.82) is 0 Å². The van der Waals surface area contributed by atoms with Gasteiger partial charge in [0.05, 0.1) is 0 Å². The number of thioether (sulfide) groups is 1. The first-order valence-electron chi connectivity index (χ1n) is 3.88. The lowest BCUT2D eigenvalue weighted by molar-refractivity contribution is -0.138. The van der Waals surface area contributed by atoms with E-state index in [1.54, 1.807) is 18.2 Å². The number of aliphatic carboxylic acids is 1. The van der Waals surface area contributed by atoms with Crippen molar-refractivity contribution in [2.24, 2.45) is 5.73 Å². The third-order valence-corrected chi connectivity index (χ3v) is 2.84. The monoisotopic (exact) mass is 231 g/mol. The Labute approximate surface area is 91.2 Å². The van der Waals surface area contributed by atoms with Crippen LogP contribution in [0.15, 0.2) is 23.1 Å². The Morgan fingerprint density at radius 3 is 2.79 bits per heavy atom. The molecule has 0 aromatic heterocycles. The molecular formula is C9H10ClNO2S. The first kappa shape index (κ1) is 11.4. The summed E-state index contributed by atoms with van der Waals surface area (Å²) >= 11 is 7.21. The summed E-state index contributed by atoms with van der Waals surface area (Å²) in [6, 6.07) is 4.05. The van der Waals surface area contributed by atoms with Crippen LogP contribution >= 0.6 is 23.4 Å². The molecule has 1 aromatic rings. The van der Waals surface area contributed by atoms with Crippen molar-refractivity contribution in [3.05, 3.63) is 28.8 Å². The zero-order chi connectivity index (χ0) is 10.7. The van der Waals surface area contributed by atoms with Gasteiger partial charge in [-0.15, -0.1) is 11.8 Å². The van der Waals surface area contributed by atoms with E-state index >= 15 is 0 Å². The molecule has 0 aliphatic rings. The molecule has 1 aromatic carbocycles. The smallest absolute Gasteiger partial charge is 0.325 e. The topological polar surface area (TPSA) is 63.3 Å². The number of hydrogen-bond donors (Lipinski definition) is 2. The van der Waals surface area contributed by atoms with Crippen LogP contribution in [0.5, 0.6) is 0 Å². The third-order valence-electron chi connectivity index (χ3n) is 1.79. The molecule has 0 radical (unpaired) electrons. The van der Waals surface area contributed by atoms with Gasteiger partial charge in [-0.05, 0) is 30.0 Å². The van der Waals surface area contributed by atoms with Crippen molar-refractivity contribution in [2.75, 3.05) is 6.26 Å². The number of nitrogens with two attached hydrogens (primary N) is 1. The van der Waals surface area contributed by atoms with E-state index in [2.05, 4.69) is 0 Å². The van der Waals surface area contributed by atoms with Gasteiger partial charge in [-0.25, -0.2) is 0 Å². The number of carboxylic acid groups (broad SMARTS) is 1. The number of rotatable bonds is 3. The molecule has 1 unspecified atom stereocenters. The van der Waals surface area contributed by atoms with Gasteiger partial charge in [-0.3, -0.25) is 4.79 Å². The molecule has 0 saturated carbocycles. The van der Waals surface area contributed by atoms with Crippen LogP contribution in [0.4, 0.5) is 0 Å². The summed E-state index contributed by atoms with van der Waals surface area (Å²) in [4.78, 5) is 11.5. The van der Waals surface area contributed by atoms with Gasteiger partial charge in [0.25, 0.3) is 0 Å². The lowest BCUT2D eigenvalue weighted by Crippen LogP contribution is -2.21. The van der Waals surface area contributed by atoms with Gasteiger partial charge in [0.15, 0.2) is 0 Å². The predicted molar refractivity (Wildman–Crippen MR) is 57.8 cm³/mol. The molecule has 3 nitrogen and oxygen atoms in total. The van der Waals surface area contributed by atoms with Gasteiger partial charge in [0.1, 0.15) is 6.04 Å². The minimum atomic E-state index is -1.05. The van der Waals surface area contributed by atoms with Crippen molar-refractivity contribution < 1.29 is 9.90 Å². The van der Waals surface area contributed by atoms with Crippen LogP contribution in [0, 0.1) is 0 Å². The van der Waals surface area contributed by atoms with Crippen molar-refractivity contribution in [3.8, 4) is 0 Å². The summed E-state index contributed by atoms with van der Waals surface area (Å²) < 4.78 is 0. The van der Waals surface area contributed by atoms with Gasteiger partial charge >= 0.3 is 5.97 Å². The summed E-state index contributed by atoms with van der Waals surface area (Å²) in [6.45, 7) is 0. The van der Waals surface area contributed by atoms with Gasteiger partial charge in [-0.1, -0.05) is 11.6 Å². The summed E-state index contributed by atoms with van der Waals surface area (Å²) in [6.07, 6.45) is 1.86. The summed E-state index contributed by atoms with van der Waals surface area (Å²) in [5.41, 5.74) is 6.06. The molecule has 0 spiro atoms. The van der Waals surface area contributed by atoms with E-state index in [9.17, 15) is 4.79 Å². The van der Waals surface area contributed by atoms with E-state index < -0.39 is 12.0 Å². The molecule has 0 heterocycles. The van der Waals surface area contributed by atoms with E-state index in [0.29, 0.717) is 10.6 Å². The Kier molecular flexibility index (Phi) is 3.80. The molecule has 3 N–H and O–H groups in total. The maximum atomic E-state index is 10.7. The third kappa shape index (κ3) is 2.41. The molecular weight excluding hydrogens is 222 g/mol. The van der Waals surface area contributed by atoms with Crippen LogP contribution in [0.2, 0.25) is 5.02 Å². The van der Waals surface area contributed by atoms with E-state index in [1.165, 1.54) is 11.8 Å². The highest BCUT2D eigenvalue weighted by Crippen LogP contribution is 2.27. The Bertz CT molecular complexity index is 357. The lowest BCUT2D eigenvalue weighted by atomic mass is 10.1. The van der Waals surface area contributed by atoms with Crippen LogP contribution in [-0.4, -0.2) is 17.3 Å². The minimum Gasteiger partial charge on any atom is -0.480 e. The average molecular weight is 232 g/mol. The van der Waals surface area contributed by atoms with Crippen LogP contribution in [0.25, 0.3) is 0 Å². The number of benzene rings is 1. The van der Waals surface area contributed by atoms with Crippen LogP contribution in [0.1, 0.15) is 11.6 Å². The van der Waals surface area contributed by atoms with E-state index in [0.717, 1.165) is 4.90 Å². The largest absolute Gasteiger partial charge is 0.480 e. The zero-order valence-corrected chi connectivity index (χ0v) is 9.10. The summed E-state index contributed by atoms with van der Waals surface area (Å²) in [5, 5.41) is 9.26. The van der Waals surface area contributed by atoms with E-state index in [4.69, 9.17) is 22.4 Å². The van der Waals surface area contributed by atoms with Crippen LogP contribution < -0.4 is 5.73 Å². The molecule has 0 aliphatic carbocycles. The average Bonchev–Trinajstić information content (AvgIpc) is 2.16. The Balaban J connectivity index is 3.16. The molecule has 1 rings (SSSR count). The molecule has 5 heteroatoms. The fraction of sp³-hybridized carbons (Fsp3) is 0.222. The standard InChI is InChI=1S/C9H10ClNO2S/c1-14-7-3-2-5(10)4-6(7)8(11)9(12)13/h2-4,8H,11H2,1H3,(H,12,13). The Morgan fingerprint density at radius 2 is 2.29 bits per heavy atom. The first-order chi connectivity index (χ1) is 6.56. The minimum absolute atomic E-state index is 0.495. The maximum Gasteiger partial charge on any atom is 0.325 e. The number of carboxylic acids is 1. The van der Waals surface area contributed by atoms with Gasteiger partial charge in [0.2, 0.25) is 0 Å². The summed E-state index contributed by atoms with van der Waals surface area (Å²) in [5.74, 6) is -1.05. The second kappa shape index (κ2) is 4.68. The molecule has 0 fully saturated rings. The van der Waals surface area contributed by atoms with Crippen LogP contribution in [0.3, 0.4) is 0 Å². The highest BCUT2D eigenvalue weighted by molar-refractivity contribution is 7.98. The second-order valence-corrected chi connectivity index (χ2v) is 3.99. The van der Waals surface area contributed by atoms with Crippen molar-refractivity contribution in [3.63, 3.8) is 0 Å². The van der Waals surface area contributed by atoms with Gasteiger partial charge < -0.3 is 10.8 Å². The van der Waals surface area contributed by atoms with E-state index in [-0.39, 0.29) is 0 Å². The quantitative estimate of drug-likeness (QED) is 0.783. The summed E-state index contributed by atoms with van der Waals surface area (Å²) in [7, 11) is 0. The highest BCUT2D eigenvalue weighted by atomic mass is 35.5. The van der Waals surface area contributed by atoms with Gasteiger partial charge in [-0.2, -0.15) is 0 Å². The molecule has 0 bridgehead atoms. The fourth-order valence-electron chi connectivity index (χ4n) is 1.08. The predicted octanol–water partition coefficient (Wildman–Crippen LogP) is 2.15. The Morgan fingerprint density at radius 1 is 1.64 bits per heavy atom. The molecule has 1 atom stereocenters. The first-order valence-corrected chi connectivity index (χ1v) is 5.48. The van der Waals surface area contributed by atoms with Crippen molar-refractivity contribution in [1.82, 2.24) is 0 Å². The lowest BCUT2D eigenvalue weighted by Gasteiger charge is -2.11. The van der Waals surface area contributed by atoms with Crippen molar-refractivity contribution >= 4 is 29.3 Å². The normalized spacial score (nSPS) is 12.5. The molecule has 0 saturated heterocycles. The number of halogens is 1. The maximum absolute atomic E-state index is 10.7. The van der Waals surface area contributed by atoms with E-state index in [1.807, 2.05) is 6.26 Å².